The zero-order chi connectivity index (χ0) is 17.6. The number of carbonyl (C=O) groups excluding carboxylic acids is 1. The molecule has 0 spiro atoms. The van der Waals surface area contributed by atoms with E-state index in [1.807, 2.05) is 18.2 Å². The van der Waals surface area contributed by atoms with Gasteiger partial charge in [0.1, 0.15) is 0 Å². The Balaban J connectivity index is 2.01. The SMILES string of the molecule is Cc1cc(CN)ccc1C1=C2C=CC(=O)C=C2Cc2cc(N)ccc21. The van der Waals surface area contributed by atoms with E-state index in [0.717, 1.165) is 40.0 Å². The van der Waals surface area contributed by atoms with E-state index in [0.29, 0.717) is 6.54 Å². The highest BCUT2D eigenvalue weighted by molar-refractivity contribution is 6.05. The van der Waals surface area contributed by atoms with Crippen molar-refractivity contribution in [3.05, 3.63) is 93.6 Å². The van der Waals surface area contributed by atoms with Crippen molar-refractivity contribution < 1.29 is 4.79 Å². The predicted octanol–water partition coefficient (Wildman–Crippen LogP) is 3.46. The lowest BCUT2D eigenvalue weighted by Crippen LogP contribution is -2.13. The van der Waals surface area contributed by atoms with Gasteiger partial charge in [-0.15, -0.1) is 0 Å². The van der Waals surface area contributed by atoms with Crippen LogP contribution in [0.15, 0.2) is 65.8 Å². The minimum absolute atomic E-state index is 0.0423. The molecule has 4 rings (SSSR count). The van der Waals surface area contributed by atoms with E-state index in [-0.39, 0.29) is 5.78 Å². The van der Waals surface area contributed by atoms with Crippen molar-refractivity contribution in [1.82, 2.24) is 0 Å². The zero-order valence-corrected chi connectivity index (χ0v) is 14.2. The monoisotopic (exact) mass is 328 g/mol. The third-order valence-corrected chi connectivity index (χ3v) is 4.92. The highest BCUT2D eigenvalue weighted by Crippen LogP contribution is 2.42. The Bertz CT molecular complexity index is 993. The van der Waals surface area contributed by atoms with Gasteiger partial charge >= 0.3 is 0 Å². The number of rotatable bonds is 2. The summed E-state index contributed by atoms with van der Waals surface area (Å²) in [6.45, 7) is 2.63. The number of nitrogen functional groups attached to an aromatic ring is 1. The zero-order valence-electron chi connectivity index (χ0n) is 14.2. The summed E-state index contributed by atoms with van der Waals surface area (Å²) in [7, 11) is 0. The van der Waals surface area contributed by atoms with Crippen LogP contribution < -0.4 is 11.5 Å². The molecule has 0 atom stereocenters. The molecule has 4 N–H and O–H groups in total. The third kappa shape index (κ3) is 2.63. The molecule has 0 bridgehead atoms. The van der Waals surface area contributed by atoms with Crippen LogP contribution >= 0.6 is 0 Å². The normalized spacial score (nSPS) is 15.8. The summed E-state index contributed by atoms with van der Waals surface area (Å²) in [5.41, 5.74) is 21.7. The van der Waals surface area contributed by atoms with Crippen LogP contribution in [0.2, 0.25) is 0 Å². The predicted molar refractivity (Wildman–Crippen MR) is 102 cm³/mol. The second kappa shape index (κ2) is 5.87. The Morgan fingerprint density at radius 1 is 1.04 bits per heavy atom. The number of anilines is 1. The lowest BCUT2D eigenvalue weighted by Gasteiger charge is -2.27. The maximum Gasteiger partial charge on any atom is 0.178 e. The first-order chi connectivity index (χ1) is 12.1. The average Bonchev–Trinajstić information content (AvgIpc) is 2.59. The second-order valence-corrected chi connectivity index (χ2v) is 6.64. The summed E-state index contributed by atoms with van der Waals surface area (Å²) in [5, 5.41) is 0. The standard InChI is InChI=1S/C22H20N2O/c1-13-8-14(12-23)2-5-19(13)22-20-6-3-17(24)10-15(20)9-16-11-18(25)4-7-21(16)22/h2-8,10-11H,9,12,23-24H2,1H3. The van der Waals surface area contributed by atoms with Crippen LogP contribution in [0.5, 0.6) is 0 Å². The van der Waals surface area contributed by atoms with Crippen molar-refractivity contribution in [1.29, 1.82) is 0 Å². The van der Waals surface area contributed by atoms with Crippen molar-refractivity contribution in [2.24, 2.45) is 5.73 Å². The molecule has 2 aliphatic rings. The molecule has 0 saturated carbocycles. The van der Waals surface area contributed by atoms with Crippen molar-refractivity contribution in [3.8, 4) is 0 Å². The summed E-state index contributed by atoms with van der Waals surface area (Å²) in [6, 6.07) is 12.4. The number of fused-ring (bicyclic) bond motifs is 2. The van der Waals surface area contributed by atoms with Crippen molar-refractivity contribution >= 4 is 17.0 Å². The van der Waals surface area contributed by atoms with Gasteiger partial charge < -0.3 is 11.5 Å². The van der Waals surface area contributed by atoms with Crippen LogP contribution in [-0.2, 0) is 17.8 Å². The molecule has 25 heavy (non-hydrogen) atoms. The summed E-state index contributed by atoms with van der Waals surface area (Å²) < 4.78 is 0. The summed E-state index contributed by atoms with van der Waals surface area (Å²) >= 11 is 0. The lowest BCUT2D eigenvalue weighted by molar-refractivity contribution is -0.110. The van der Waals surface area contributed by atoms with Gasteiger partial charge in [0, 0.05) is 12.2 Å². The van der Waals surface area contributed by atoms with E-state index >= 15 is 0 Å². The van der Waals surface area contributed by atoms with Crippen molar-refractivity contribution in [3.63, 3.8) is 0 Å². The number of allylic oxidation sites excluding steroid dienone is 5. The van der Waals surface area contributed by atoms with Gasteiger partial charge in [0.25, 0.3) is 0 Å². The summed E-state index contributed by atoms with van der Waals surface area (Å²) in [4.78, 5) is 11.9. The molecule has 2 aliphatic carbocycles. The van der Waals surface area contributed by atoms with E-state index in [2.05, 4.69) is 31.2 Å². The van der Waals surface area contributed by atoms with Crippen LogP contribution in [0.1, 0.15) is 27.8 Å². The van der Waals surface area contributed by atoms with Gasteiger partial charge in [-0.05, 0) is 82.2 Å². The van der Waals surface area contributed by atoms with E-state index in [1.54, 1.807) is 12.2 Å². The largest absolute Gasteiger partial charge is 0.399 e. The van der Waals surface area contributed by atoms with Crippen LogP contribution in [0.3, 0.4) is 0 Å². The molecular weight excluding hydrogens is 308 g/mol. The molecule has 3 heteroatoms. The van der Waals surface area contributed by atoms with Gasteiger partial charge in [0.15, 0.2) is 5.78 Å². The van der Waals surface area contributed by atoms with Crippen molar-refractivity contribution in [2.45, 2.75) is 19.9 Å². The molecule has 2 aromatic carbocycles. The van der Waals surface area contributed by atoms with Crippen LogP contribution in [0.4, 0.5) is 5.69 Å². The van der Waals surface area contributed by atoms with Crippen LogP contribution in [0.25, 0.3) is 5.57 Å². The number of hydrogen-bond donors (Lipinski definition) is 2. The lowest BCUT2D eigenvalue weighted by atomic mass is 9.76. The maximum absolute atomic E-state index is 11.9. The topological polar surface area (TPSA) is 69.1 Å². The third-order valence-electron chi connectivity index (χ3n) is 4.92. The van der Waals surface area contributed by atoms with Gasteiger partial charge in [-0.3, -0.25) is 4.79 Å². The molecule has 0 saturated heterocycles. The smallest absolute Gasteiger partial charge is 0.178 e. The van der Waals surface area contributed by atoms with Gasteiger partial charge in [-0.2, -0.15) is 0 Å². The molecule has 0 aliphatic heterocycles. The Hall–Kier alpha value is -2.91. The Labute approximate surface area is 147 Å². The summed E-state index contributed by atoms with van der Waals surface area (Å²) in [5.74, 6) is 0.0423. The molecule has 0 heterocycles. The highest BCUT2D eigenvalue weighted by atomic mass is 16.1. The molecule has 0 aromatic heterocycles. The molecule has 2 aromatic rings. The van der Waals surface area contributed by atoms with Gasteiger partial charge in [0.05, 0.1) is 0 Å². The molecule has 0 radical (unpaired) electrons. The quantitative estimate of drug-likeness (QED) is 0.830. The van der Waals surface area contributed by atoms with E-state index in [1.165, 1.54) is 16.7 Å². The first-order valence-electron chi connectivity index (χ1n) is 8.43. The number of aryl methyl sites for hydroxylation is 1. The fourth-order valence-electron chi connectivity index (χ4n) is 3.74. The number of nitrogens with two attached hydrogens (primary N) is 2. The van der Waals surface area contributed by atoms with Gasteiger partial charge in [-0.25, -0.2) is 0 Å². The highest BCUT2D eigenvalue weighted by Gasteiger charge is 2.25. The minimum Gasteiger partial charge on any atom is -0.399 e. The van der Waals surface area contributed by atoms with E-state index in [4.69, 9.17) is 11.5 Å². The molecule has 0 fully saturated rings. The van der Waals surface area contributed by atoms with E-state index < -0.39 is 0 Å². The van der Waals surface area contributed by atoms with Crippen molar-refractivity contribution in [2.75, 3.05) is 5.73 Å². The van der Waals surface area contributed by atoms with Gasteiger partial charge in [0.2, 0.25) is 0 Å². The minimum atomic E-state index is 0.0423. The molecular formula is C22H20N2O. The Morgan fingerprint density at radius 2 is 1.84 bits per heavy atom. The molecule has 3 nitrogen and oxygen atoms in total. The number of carbonyl (C=O) groups is 1. The molecule has 0 amide bonds. The molecule has 124 valence electrons. The van der Waals surface area contributed by atoms with Crippen LogP contribution in [0, 0.1) is 6.92 Å². The number of benzene rings is 2. The number of hydrogen-bond acceptors (Lipinski definition) is 3. The first-order valence-corrected chi connectivity index (χ1v) is 8.43. The van der Waals surface area contributed by atoms with Crippen LogP contribution in [-0.4, -0.2) is 5.78 Å². The number of ketones is 1. The average molecular weight is 328 g/mol. The maximum atomic E-state index is 11.9. The van der Waals surface area contributed by atoms with E-state index in [9.17, 15) is 4.79 Å². The second-order valence-electron chi connectivity index (χ2n) is 6.64. The molecule has 0 unspecified atom stereocenters. The first kappa shape index (κ1) is 15.6. The summed E-state index contributed by atoms with van der Waals surface area (Å²) in [6.07, 6.45) is 6.06. The fourth-order valence-corrected chi connectivity index (χ4v) is 3.74. The fraction of sp³-hybridized carbons (Fsp3) is 0.136. The Kier molecular flexibility index (Phi) is 3.66. The van der Waals surface area contributed by atoms with Gasteiger partial charge in [-0.1, -0.05) is 30.3 Å². The Morgan fingerprint density at radius 3 is 2.60 bits per heavy atom.